The molecule has 0 N–H and O–H groups in total. The Morgan fingerprint density at radius 2 is 1.90 bits per heavy atom. The zero-order valence-corrected chi connectivity index (χ0v) is 20.2. The lowest BCUT2D eigenvalue weighted by Crippen LogP contribution is -2.49. The molecular weight excluding hydrogens is 502 g/mol. The molecule has 3 aromatic rings. The molecule has 4 nitrogen and oxygen atoms in total. The second-order valence-corrected chi connectivity index (χ2v) is 10.5. The number of rotatable bonds is 6. The Kier molecular flexibility index (Phi) is 7.36. The number of thioether (sulfide) groups is 1. The summed E-state index contributed by atoms with van der Waals surface area (Å²) in [6.07, 6.45) is 0.368. The van der Waals surface area contributed by atoms with Gasteiger partial charge >= 0.3 is 0 Å². The van der Waals surface area contributed by atoms with Crippen molar-refractivity contribution in [1.29, 1.82) is 0 Å². The maximum atomic E-state index is 12.7. The van der Waals surface area contributed by atoms with Crippen molar-refractivity contribution < 1.29 is 4.79 Å². The van der Waals surface area contributed by atoms with Gasteiger partial charge in [-0.2, -0.15) is 0 Å². The molecule has 0 saturated carbocycles. The minimum absolute atomic E-state index is 0.149. The molecule has 1 saturated heterocycles. The van der Waals surface area contributed by atoms with E-state index in [1.165, 1.54) is 5.56 Å². The summed E-state index contributed by atoms with van der Waals surface area (Å²) in [7, 11) is 0. The van der Waals surface area contributed by atoms with E-state index in [4.69, 9.17) is 11.6 Å². The fraction of sp³-hybridized carbons (Fsp3) is 0.273. The molecule has 1 amide bonds. The predicted molar refractivity (Wildman–Crippen MR) is 130 cm³/mol. The molecule has 8 heteroatoms. The highest BCUT2D eigenvalue weighted by molar-refractivity contribution is 9.10. The summed E-state index contributed by atoms with van der Waals surface area (Å²) in [6, 6.07) is 16.2. The highest BCUT2D eigenvalue weighted by atomic mass is 79.9. The Bertz CT molecular complexity index is 1000. The molecule has 0 atom stereocenters. The van der Waals surface area contributed by atoms with Crippen LogP contribution in [0.15, 0.2) is 62.7 Å². The van der Waals surface area contributed by atoms with E-state index < -0.39 is 0 Å². The summed E-state index contributed by atoms with van der Waals surface area (Å²) >= 11 is 12.9. The molecule has 1 aromatic heterocycles. The predicted octanol–water partition coefficient (Wildman–Crippen LogP) is 5.74. The molecule has 1 fully saturated rings. The van der Waals surface area contributed by atoms with Gasteiger partial charge in [-0.1, -0.05) is 57.5 Å². The standard InChI is InChI=1S/C22H21BrClN3OS2/c23-17-6-4-16(5-7-17)14-29-22-25-19(15-30-22)13-21(28)27-10-8-26(9-11-27)20-3-1-2-18(24)12-20/h1-7,12,15H,8-11,13-14H2. The van der Waals surface area contributed by atoms with E-state index in [2.05, 4.69) is 44.0 Å². The highest BCUT2D eigenvalue weighted by Crippen LogP contribution is 2.27. The lowest BCUT2D eigenvalue weighted by atomic mass is 10.2. The second-order valence-electron chi connectivity index (χ2n) is 7.04. The lowest BCUT2D eigenvalue weighted by molar-refractivity contribution is -0.130. The summed E-state index contributed by atoms with van der Waals surface area (Å²) < 4.78 is 2.09. The van der Waals surface area contributed by atoms with Crippen molar-refractivity contribution in [2.75, 3.05) is 31.1 Å². The summed E-state index contributed by atoms with van der Waals surface area (Å²) in [5.41, 5.74) is 3.23. The van der Waals surface area contributed by atoms with Crippen LogP contribution in [0.2, 0.25) is 5.02 Å². The lowest BCUT2D eigenvalue weighted by Gasteiger charge is -2.36. The minimum atomic E-state index is 0.149. The van der Waals surface area contributed by atoms with Crippen molar-refractivity contribution in [2.45, 2.75) is 16.5 Å². The zero-order chi connectivity index (χ0) is 20.9. The second kappa shape index (κ2) is 10.2. The molecule has 0 aliphatic carbocycles. The maximum absolute atomic E-state index is 12.7. The Morgan fingerprint density at radius 1 is 1.13 bits per heavy atom. The van der Waals surface area contributed by atoms with Gasteiger partial charge in [0.05, 0.1) is 12.1 Å². The number of thiazole rings is 1. The Morgan fingerprint density at radius 3 is 2.63 bits per heavy atom. The monoisotopic (exact) mass is 521 g/mol. The first-order valence-corrected chi connectivity index (χ1v) is 12.7. The van der Waals surface area contributed by atoms with Gasteiger partial charge in [-0.25, -0.2) is 4.98 Å². The van der Waals surface area contributed by atoms with Gasteiger partial charge in [0.15, 0.2) is 0 Å². The molecule has 0 radical (unpaired) electrons. The van der Waals surface area contributed by atoms with E-state index in [0.29, 0.717) is 6.42 Å². The fourth-order valence-corrected chi connectivity index (χ4v) is 5.56. The Hall–Kier alpha value is -1.54. The van der Waals surface area contributed by atoms with Crippen LogP contribution in [0.3, 0.4) is 0 Å². The van der Waals surface area contributed by atoms with Gasteiger partial charge in [0.25, 0.3) is 0 Å². The number of nitrogens with zero attached hydrogens (tertiary/aromatic N) is 3. The fourth-order valence-electron chi connectivity index (χ4n) is 3.32. The molecular formula is C22H21BrClN3OS2. The van der Waals surface area contributed by atoms with Crippen molar-refractivity contribution in [3.05, 3.63) is 74.7 Å². The van der Waals surface area contributed by atoms with Crippen molar-refractivity contribution >= 4 is 62.2 Å². The minimum Gasteiger partial charge on any atom is -0.368 e. The van der Waals surface area contributed by atoms with Crippen LogP contribution in [-0.4, -0.2) is 42.0 Å². The third-order valence-corrected chi connectivity index (χ3v) is 7.85. The van der Waals surface area contributed by atoms with Crippen LogP contribution in [-0.2, 0) is 17.0 Å². The van der Waals surface area contributed by atoms with Gasteiger partial charge in [0.2, 0.25) is 5.91 Å². The van der Waals surface area contributed by atoms with Crippen LogP contribution in [0.1, 0.15) is 11.3 Å². The van der Waals surface area contributed by atoms with Crippen molar-refractivity contribution in [3.8, 4) is 0 Å². The van der Waals surface area contributed by atoms with E-state index in [0.717, 1.165) is 57.1 Å². The Balaban J connectivity index is 1.26. The van der Waals surface area contributed by atoms with E-state index in [1.54, 1.807) is 23.1 Å². The number of benzene rings is 2. The molecule has 0 spiro atoms. The molecule has 30 heavy (non-hydrogen) atoms. The average molecular weight is 523 g/mol. The topological polar surface area (TPSA) is 36.4 Å². The first-order valence-electron chi connectivity index (χ1n) is 9.67. The van der Waals surface area contributed by atoms with Crippen LogP contribution in [0.4, 0.5) is 5.69 Å². The quantitative estimate of drug-likeness (QED) is 0.387. The SMILES string of the molecule is O=C(Cc1csc(SCc2ccc(Br)cc2)n1)N1CCN(c2cccc(Cl)c2)CC1. The summed E-state index contributed by atoms with van der Waals surface area (Å²) in [5, 5.41) is 2.74. The molecule has 0 unspecified atom stereocenters. The summed E-state index contributed by atoms with van der Waals surface area (Å²) in [5.74, 6) is 1.02. The van der Waals surface area contributed by atoms with Crippen LogP contribution in [0, 0.1) is 0 Å². The average Bonchev–Trinajstić information content (AvgIpc) is 3.21. The Labute approximate surface area is 198 Å². The smallest absolute Gasteiger partial charge is 0.228 e. The van der Waals surface area contributed by atoms with Crippen molar-refractivity contribution in [1.82, 2.24) is 9.88 Å². The largest absolute Gasteiger partial charge is 0.368 e. The third-order valence-electron chi connectivity index (χ3n) is 4.94. The normalized spacial score (nSPS) is 14.2. The van der Waals surface area contributed by atoms with Gasteiger partial charge in [0, 0.05) is 52.5 Å². The number of hydrogen-bond acceptors (Lipinski definition) is 5. The number of piperazine rings is 1. The highest BCUT2D eigenvalue weighted by Gasteiger charge is 2.22. The first-order chi connectivity index (χ1) is 14.6. The molecule has 0 bridgehead atoms. The summed E-state index contributed by atoms with van der Waals surface area (Å²) in [4.78, 5) is 21.6. The van der Waals surface area contributed by atoms with E-state index >= 15 is 0 Å². The maximum Gasteiger partial charge on any atom is 0.228 e. The molecule has 1 aliphatic rings. The van der Waals surface area contributed by atoms with Gasteiger partial charge in [0.1, 0.15) is 4.34 Å². The van der Waals surface area contributed by atoms with Crippen LogP contribution >= 0.6 is 50.6 Å². The van der Waals surface area contributed by atoms with Gasteiger partial charge in [-0.05, 0) is 35.9 Å². The number of carbonyl (C=O) groups is 1. The van der Waals surface area contributed by atoms with Gasteiger partial charge < -0.3 is 9.80 Å². The van der Waals surface area contributed by atoms with Gasteiger partial charge in [-0.15, -0.1) is 11.3 Å². The van der Waals surface area contributed by atoms with Crippen LogP contribution in [0.5, 0.6) is 0 Å². The van der Waals surface area contributed by atoms with Gasteiger partial charge in [-0.3, -0.25) is 4.79 Å². The molecule has 2 aromatic carbocycles. The number of anilines is 1. The van der Waals surface area contributed by atoms with E-state index in [9.17, 15) is 4.79 Å². The molecule has 1 aliphatic heterocycles. The summed E-state index contributed by atoms with van der Waals surface area (Å²) in [6.45, 7) is 3.08. The van der Waals surface area contributed by atoms with Crippen molar-refractivity contribution in [2.24, 2.45) is 0 Å². The third kappa shape index (κ3) is 5.78. The van der Waals surface area contributed by atoms with Crippen molar-refractivity contribution in [3.63, 3.8) is 0 Å². The number of aromatic nitrogens is 1. The van der Waals surface area contributed by atoms with Crippen LogP contribution < -0.4 is 4.90 Å². The van der Waals surface area contributed by atoms with E-state index in [-0.39, 0.29) is 5.91 Å². The number of amides is 1. The number of carbonyl (C=O) groups excluding carboxylic acids is 1. The van der Waals surface area contributed by atoms with E-state index in [1.807, 2.05) is 40.6 Å². The first kappa shape index (κ1) is 21.7. The zero-order valence-electron chi connectivity index (χ0n) is 16.3. The molecule has 2 heterocycles. The number of halogens is 2. The molecule has 4 rings (SSSR count). The molecule has 156 valence electrons. The number of hydrogen-bond donors (Lipinski definition) is 0. The van der Waals surface area contributed by atoms with Crippen LogP contribution in [0.25, 0.3) is 0 Å².